The normalized spacial score (nSPS) is 12.0. The van der Waals surface area contributed by atoms with Gasteiger partial charge < -0.3 is 14.5 Å². The number of hydrogen-bond acceptors (Lipinski definition) is 9. The lowest BCUT2D eigenvalue weighted by atomic mass is 10.1. The van der Waals surface area contributed by atoms with Crippen molar-refractivity contribution in [1.29, 1.82) is 0 Å². The van der Waals surface area contributed by atoms with E-state index in [1.54, 1.807) is 93.7 Å². The second-order valence-corrected chi connectivity index (χ2v) is 12.2. The minimum absolute atomic E-state index is 0.169. The minimum atomic E-state index is -3.82. The molecule has 0 aliphatic carbocycles. The molecule has 4 heterocycles. The van der Waals surface area contributed by atoms with Gasteiger partial charge in [0.2, 0.25) is 5.95 Å². The lowest BCUT2D eigenvalue weighted by Gasteiger charge is -2.19. The Morgan fingerprint density at radius 3 is 2.52 bits per heavy atom. The van der Waals surface area contributed by atoms with Gasteiger partial charge in [0, 0.05) is 40.8 Å². The van der Waals surface area contributed by atoms with Gasteiger partial charge in [-0.25, -0.2) is 32.1 Å². The van der Waals surface area contributed by atoms with Crippen molar-refractivity contribution in [2.75, 3.05) is 10.6 Å². The van der Waals surface area contributed by atoms with Gasteiger partial charge in [-0.2, -0.15) is 0 Å². The van der Waals surface area contributed by atoms with E-state index in [0.29, 0.717) is 44.8 Å². The monoisotopic (exact) mass is 582 g/mol. The zero-order valence-electron chi connectivity index (χ0n) is 22.9. The maximum Gasteiger partial charge on any atom is 0.412 e. The summed E-state index contributed by atoms with van der Waals surface area (Å²) in [6, 6.07) is 20.5. The van der Waals surface area contributed by atoms with Crippen LogP contribution in [0.2, 0.25) is 0 Å². The number of benzene rings is 2. The predicted molar refractivity (Wildman–Crippen MR) is 159 cm³/mol. The average Bonchev–Trinajstić information content (AvgIpc) is 3.59. The molecule has 12 heteroatoms. The topological polar surface area (TPSA) is 141 Å². The third kappa shape index (κ3) is 5.39. The largest absolute Gasteiger partial charge is 0.460 e. The fraction of sp³-hybridized carbons (Fsp3) is 0.133. The van der Waals surface area contributed by atoms with E-state index >= 15 is 0 Å². The lowest BCUT2D eigenvalue weighted by molar-refractivity contribution is 0.0636. The molecule has 0 spiro atoms. The van der Waals surface area contributed by atoms with Crippen LogP contribution in [-0.2, 0) is 14.8 Å². The zero-order chi connectivity index (χ0) is 29.5. The van der Waals surface area contributed by atoms with Crippen molar-refractivity contribution in [3.63, 3.8) is 0 Å². The van der Waals surface area contributed by atoms with Gasteiger partial charge in [-0.05, 0) is 63.2 Å². The molecule has 0 aliphatic heterocycles. The van der Waals surface area contributed by atoms with Gasteiger partial charge in [-0.15, -0.1) is 0 Å². The van der Waals surface area contributed by atoms with E-state index in [-0.39, 0.29) is 10.8 Å². The number of pyridine rings is 1. The molecule has 0 unspecified atom stereocenters. The molecule has 2 N–H and O–H groups in total. The number of amides is 1. The van der Waals surface area contributed by atoms with Gasteiger partial charge in [-0.1, -0.05) is 24.3 Å². The third-order valence-corrected chi connectivity index (χ3v) is 7.81. The summed E-state index contributed by atoms with van der Waals surface area (Å²) in [6.45, 7) is 5.38. The van der Waals surface area contributed by atoms with Crippen molar-refractivity contribution < 1.29 is 22.4 Å². The van der Waals surface area contributed by atoms with Crippen LogP contribution in [0.4, 0.5) is 22.1 Å². The number of aromatic nitrogens is 4. The molecule has 0 saturated heterocycles. The molecule has 0 atom stereocenters. The van der Waals surface area contributed by atoms with Gasteiger partial charge in [0.05, 0.1) is 11.2 Å². The third-order valence-electron chi connectivity index (χ3n) is 6.13. The van der Waals surface area contributed by atoms with E-state index in [9.17, 15) is 13.2 Å². The second kappa shape index (κ2) is 10.3. The summed E-state index contributed by atoms with van der Waals surface area (Å²) in [5.41, 5.74) is 2.94. The molecule has 42 heavy (non-hydrogen) atoms. The van der Waals surface area contributed by atoms with Gasteiger partial charge in [0.1, 0.15) is 16.8 Å². The number of carbonyl (C=O) groups excluding carboxylic acids is 1. The van der Waals surface area contributed by atoms with E-state index in [0.717, 1.165) is 3.97 Å². The molecule has 0 saturated carbocycles. The van der Waals surface area contributed by atoms with Gasteiger partial charge in [-0.3, -0.25) is 5.32 Å². The van der Waals surface area contributed by atoms with Gasteiger partial charge in [0.25, 0.3) is 10.0 Å². The number of furan rings is 1. The first-order valence-corrected chi connectivity index (χ1v) is 14.4. The average molecular weight is 583 g/mol. The van der Waals surface area contributed by atoms with Crippen molar-refractivity contribution in [3.05, 3.63) is 91.5 Å². The quantitative estimate of drug-likeness (QED) is 0.223. The van der Waals surface area contributed by atoms with E-state index in [2.05, 4.69) is 20.6 Å². The van der Waals surface area contributed by atoms with E-state index < -0.39 is 21.7 Å². The first kappa shape index (κ1) is 27.0. The van der Waals surface area contributed by atoms with Gasteiger partial charge in [0.15, 0.2) is 11.2 Å². The van der Waals surface area contributed by atoms with Crippen LogP contribution in [0, 0.1) is 0 Å². The highest BCUT2D eigenvalue weighted by Gasteiger charge is 2.21. The minimum Gasteiger partial charge on any atom is -0.460 e. The number of nitrogens with one attached hydrogen (secondary N) is 2. The zero-order valence-corrected chi connectivity index (χ0v) is 23.7. The van der Waals surface area contributed by atoms with Crippen molar-refractivity contribution in [2.24, 2.45) is 0 Å². The molecule has 1 amide bonds. The first-order chi connectivity index (χ1) is 20.1. The Kier molecular flexibility index (Phi) is 6.62. The number of anilines is 3. The molecule has 0 bridgehead atoms. The molecule has 212 valence electrons. The Balaban J connectivity index is 1.32. The summed E-state index contributed by atoms with van der Waals surface area (Å²) in [4.78, 5) is 26.1. The van der Waals surface area contributed by atoms with Crippen LogP contribution < -0.4 is 10.6 Å². The Morgan fingerprint density at radius 1 is 0.952 bits per heavy atom. The number of rotatable bonds is 6. The molecule has 11 nitrogen and oxygen atoms in total. The summed E-state index contributed by atoms with van der Waals surface area (Å²) in [7, 11) is -3.82. The van der Waals surface area contributed by atoms with Crippen LogP contribution in [0.5, 0.6) is 0 Å². The summed E-state index contributed by atoms with van der Waals surface area (Å²) in [6.07, 6.45) is 4.00. The van der Waals surface area contributed by atoms with Gasteiger partial charge >= 0.3 is 6.09 Å². The van der Waals surface area contributed by atoms with Crippen LogP contribution in [0.3, 0.4) is 0 Å². The molecule has 4 aromatic heterocycles. The number of nitrogens with zero attached hydrogens (tertiary/aromatic N) is 4. The first-order valence-electron chi connectivity index (χ1n) is 13.0. The van der Waals surface area contributed by atoms with E-state index in [1.165, 1.54) is 12.5 Å². The number of hydrogen-bond donors (Lipinski definition) is 2. The fourth-order valence-corrected chi connectivity index (χ4v) is 5.70. The molecule has 2 aromatic carbocycles. The van der Waals surface area contributed by atoms with Crippen LogP contribution in [-0.4, -0.2) is 39.0 Å². The molecule has 0 radical (unpaired) electrons. The fourth-order valence-electron chi connectivity index (χ4n) is 4.37. The Bertz CT molecular complexity index is 2050. The van der Waals surface area contributed by atoms with Crippen molar-refractivity contribution in [2.45, 2.75) is 31.3 Å². The summed E-state index contributed by atoms with van der Waals surface area (Å²) in [5, 5.41) is 6.51. The highest BCUT2D eigenvalue weighted by Crippen LogP contribution is 2.31. The lowest BCUT2D eigenvalue weighted by Crippen LogP contribution is -2.27. The summed E-state index contributed by atoms with van der Waals surface area (Å²) >= 11 is 0. The molecular formula is C30H26N6O5S. The molecule has 6 rings (SSSR count). The van der Waals surface area contributed by atoms with Crippen LogP contribution in [0.25, 0.3) is 33.4 Å². The number of fused-ring (bicyclic) bond motifs is 2. The number of ether oxygens (including phenoxy) is 1. The standard InChI is InChI=1S/C30H26N6O5S/c1-30(2,3)41-29(37)33-22-9-7-8-21(17-22)32-28-34-24-13-15-40-26(24)25(35-28)20-16-19-12-14-36(27(19)31-18-20)42(38,39)23-10-5-4-6-11-23/h4-18H,1-3H3,(H,33,37)(H,32,34,35). The maximum atomic E-state index is 13.2. The second-order valence-electron chi connectivity index (χ2n) is 10.4. The van der Waals surface area contributed by atoms with E-state index in [4.69, 9.17) is 14.1 Å². The highest BCUT2D eigenvalue weighted by atomic mass is 32.2. The summed E-state index contributed by atoms with van der Waals surface area (Å²) in [5.74, 6) is 0.289. The van der Waals surface area contributed by atoms with Crippen LogP contribution in [0.1, 0.15) is 20.8 Å². The Hall–Kier alpha value is -5.23. The van der Waals surface area contributed by atoms with Crippen LogP contribution >= 0.6 is 0 Å². The van der Waals surface area contributed by atoms with Crippen molar-refractivity contribution >= 4 is 55.6 Å². The number of carbonyl (C=O) groups is 1. The predicted octanol–water partition coefficient (Wildman–Crippen LogP) is 6.57. The molecular weight excluding hydrogens is 556 g/mol. The van der Waals surface area contributed by atoms with Crippen LogP contribution in [0.15, 0.2) is 101 Å². The smallest absolute Gasteiger partial charge is 0.412 e. The van der Waals surface area contributed by atoms with Crippen molar-refractivity contribution in [1.82, 2.24) is 18.9 Å². The maximum absolute atomic E-state index is 13.2. The Morgan fingerprint density at radius 2 is 1.74 bits per heavy atom. The Labute approximate surface area is 241 Å². The highest BCUT2D eigenvalue weighted by molar-refractivity contribution is 7.90. The molecule has 6 aromatic rings. The van der Waals surface area contributed by atoms with E-state index in [1.807, 2.05) is 6.07 Å². The van der Waals surface area contributed by atoms with Crippen molar-refractivity contribution in [3.8, 4) is 11.3 Å². The molecule has 0 aliphatic rings. The summed E-state index contributed by atoms with van der Waals surface area (Å²) < 4.78 is 38.6. The molecule has 0 fully saturated rings. The SMILES string of the molecule is CC(C)(C)OC(=O)Nc1cccc(Nc2nc(-c3cnc4c(ccn4S(=O)(=O)c4ccccc4)c3)c3occc3n2)c1.